The second kappa shape index (κ2) is 7.67. The van der Waals surface area contributed by atoms with E-state index in [1.807, 2.05) is 32.3 Å². The number of ether oxygens (including phenoxy) is 1. The van der Waals surface area contributed by atoms with Crippen molar-refractivity contribution in [3.8, 4) is 5.75 Å². The summed E-state index contributed by atoms with van der Waals surface area (Å²) in [7, 11) is 3.37. The van der Waals surface area contributed by atoms with Crippen LogP contribution in [0, 0.1) is 6.92 Å². The molecule has 1 N–H and O–H groups in total. The Bertz CT molecular complexity index is 1070. The van der Waals surface area contributed by atoms with E-state index < -0.39 is 5.92 Å². The van der Waals surface area contributed by atoms with E-state index in [2.05, 4.69) is 15.4 Å². The summed E-state index contributed by atoms with van der Waals surface area (Å²) in [6.07, 6.45) is 1.86. The van der Waals surface area contributed by atoms with Crippen molar-refractivity contribution < 1.29 is 14.3 Å². The predicted molar refractivity (Wildman–Crippen MR) is 109 cm³/mol. The number of amides is 2. The Labute approximate surface area is 172 Å². The summed E-state index contributed by atoms with van der Waals surface area (Å²) in [6.45, 7) is 2.48. The van der Waals surface area contributed by atoms with E-state index in [0.717, 1.165) is 5.56 Å². The zero-order chi connectivity index (χ0) is 20.5. The van der Waals surface area contributed by atoms with E-state index in [1.54, 1.807) is 34.3 Å². The van der Waals surface area contributed by atoms with Crippen LogP contribution < -0.4 is 10.1 Å². The fraction of sp³-hybridized carbons (Fsp3) is 0.300. The van der Waals surface area contributed by atoms with E-state index in [0.29, 0.717) is 34.2 Å². The molecular weight excluding hydrogens is 390 g/mol. The highest BCUT2D eigenvalue weighted by molar-refractivity contribution is 7.11. The van der Waals surface area contributed by atoms with Crippen LogP contribution in [0.4, 0.5) is 5.69 Å². The molecule has 0 fully saturated rings. The zero-order valence-corrected chi connectivity index (χ0v) is 17.2. The third-order valence-electron chi connectivity index (χ3n) is 4.94. The molecule has 29 heavy (non-hydrogen) atoms. The quantitative estimate of drug-likeness (QED) is 0.713. The van der Waals surface area contributed by atoms with Crippen LogP contribution in [-0.4, -0.2) is 45.1 Å². The number of nitrogens with one attached hydrogen (secondary N) is 1. The number of nitrogens with zero attached hydrogens (tertiary/aromatic N) is 4. The van der Waals surface area contributed by atoms with Crippen LogP contribution in [0.15, 0.2) is 36.0 Å². The van der Waals surface area contributed by atoms with Crippen LogP contribution in [0.5, 0.6) is 5.75 Å². The molecule has 2 amide bonds. The molecule has 2 aromatic heterocycles. The molecule has 0 saturated heterocycles. The summed E-state index contributed by atoms with van der Waals surface area (Å²) in [4.78, 5) is 32.7. The fourth-order valence-electron chi connectivity index (χ4n) is 3.53. The standard InChI is InChI=1S/C20H21N5O3S/c1-12-18(29-11-21-12)20(27)25-9-13-8-24(2)23-17(13)14(10-25)19(26)22-15-6-4-5-7-16(15)28-3/h4-8,11,14H,9-10H2,1-3H3,(H,22,26)/t14-/m1/s1. The molecular formula is C20H21N5O3S. The number of aryl methyl sites for hydroxylation is 2. The van der Waals surface area contributed by atoms with Crippen LogP contribution in [0.1, 0.15) is 32.5 Å². The first-order chi connectivity index (χ1) is 14.0. The minimum absolute atomic E-state index is 0.116. The number of anilines is 1. The summed E-state index contributed by atoms with van der Waals surface area (Å²) in [5, 5.41) is 7.41. The maximum atomic E-state index is 13.2. The van der Waals surface area contributed by atoms with E-state index in [1.165, 1.54) is 11.3 Å². The maximum Gasteiger partial charge on any atom is 0.266 e. The third-order valence-corrected chi connectivity index (χ3v) is 5.86. The Morgan fingerprint density at radius 3 is 2.83 bits per heavy atom. The molecule has 0 aliphatic carbocycles. The average molecular weight is 411 g/mol. The number of carbonyl (C=O) groups excluding carboxylic acids is 2. The van der Waals surface area contributed by atoms with E-state index >= 15 is 0 Å². The van der Waals surface area contributed by atoms with Crippen molar-refractivity contribution in [2.45, 2.75) is 19.4 Å². The number of methoxy groups -OCH3 is 1. The van der Waals surface area contributed by atoms with Crippen LogP contribution in [0.25, 0.3) is 0 Å². The first-order valence-electron chi connectivity index (χ1n) is 9.13. The zero-order valence-electron chi connectivity index (χ0n) is 16.4. The number of rotatable bonds is 4. The lowest BCUT2D eigenvalue weighted by atomic mass is 9.95. The van der Waals surface area contributed by atoms with E-state index in [4.69, 9.17) is 4.74 Å². The van der Waals surface area contributed by atoms with Crippen molar-refractivity contribution in [1.29, 1.82) is 0 Å². The monoisotopic (exact) mass is 411 g/mol. The maximum absolute atomic E-state index is 13.2. The second-order valence-corrected chi connectivity index (χ2v) is 7.76. The Morgan fingerprint density at radius 1 is 1.31 bits per heavy atom. The minimum atomic E-state index is -0.581. The normalized spacial score (nSPS) is 15.7. The lowest BCUT2D eigenvalue weighted by Gasteiger charge is -2.31. The molecule has 4 rings (SSSR count). The SMILES string of the molecule is COc1ccccc1NC(=O)[C@@H]1CN(C(=O)c2scnc2C)Cc2cn(C)nc21. The molecule has 1 atom stereocenters. The number of benzene rings is 1. The van der Waals surface area contributed by atoms with Crippen molar-refractivity contribution in [2.75, 3.05) is 19.0 Å². The van der Waals surface area contributed by atoms with Crippen LogP contribution in [-0.2, 0) is 18.4 Å². The molecule has 0 radical (unpaired) electrons. The summed E-state index contributed by atoms with van der Waals surface area (Å²) in [5.74, 6) is -0.351. The third kappa shape index (κ3) is 3.61. The van der Waals surface area contributed by atoms with Crippen molar-refractivity contribution in [1.82, 2.24) is 19.7 Å². The Balaban J connectivity index is 1.63. The van der Waals surface area contributed by atoms with E-state index in [9.17, 15) is 9.59 Å². The van der Waals surface area contributed by atoms with E-state index in [-0.39, 0.29) is 18.4 Å². The van der Waals surface area contributed by atoms with Crippen molar-refractivity contribution in [3.05, 3.63) is 57.8 Å². The van der Waals surface area contributed by atoms with Gasteiger partial charge < -0.3 is 15.0 Å². The predicted octanol–water partition coefficient (Wildman–Crippen LogP) is 2.57. The van der Waals surface area contributed by atoms with Crippen LogP contribution in [0.3, 0.4) is 0 Å². The number of thiazole rings is 1. The molecule has 9 heteroatoms. The van der Waals surface area contributed by atoms with Gasteiger partial charge >= 0.3 is 0 Å². The number of hydrogen-bond acceptors (Lipinski definition) is 6. The number of carbonyl (C=O) groups is 2. The number of para-hydroxylation sites is 2. The molecule has 1 aliphatic rings. The summed E-state index contributed by atoms with van der Waals surface area (Å²) < 4.78 is 7.00. The van der Waals surface area contributed by atoms with Gasteiger partial charge in [0.25, 0.3) is 5.91 Å². The van der Waals surface area contributed by atoms with Gasteiger partial charge in [0.1, 0.15) is 16.5 Å². The summed E-state index contributed by atoms with van der Waals surface area (Å²) >= 11 is 1.31. The number of aromatic nitrogens is 3. The van der Waals surface area contributed by atoms with Crippen LogP contribution in [0.2, 0.25) is 0 Å². The molecule has 0 spiro atoms. The van der Waals surface area contributed by atoms with Crippen molar-refractivity contribution in [2.24, 2.45) is 7.05 Å². The molecule has 0 bridgehead atoms. The van der Waals surface area contributed by atoms with Gasteiger partial charge in [-0.15, -0.1) is 11.3 Å². The van der Waals surface area contributed by atoms with Gasteiger partial charge in [-0.2, -0.15) is 5.10 Å². The highest BCUT2D eigenvalue weighted by atomic mass is 32.1. The lowest BCUT2D eigenvalue weighted by Crippen LogP contribution is -2.42. The Hall–Kier alpha value is -3.20. The Kier molecular flexibility index (Phi) is 5.06. The molecule has 3 aromatic rings. The first kappa shape index (κ1) is 19.1. The van der Waals surface area contributed by atoms with Gasteiger partial charge in [-0.3, -0.25) is 14.3 Å². The minimum Gasteiger partial charge on any atom is -0.495 e. The average Bonchev–Trinajstić information content (AvgIpc) is 3.31. The molecule has 1 aromatic carbocycles. The molecule has 150 valence electrons. The summed E-state index contributed by atoms with van der Waals surface area (Å²) in [5.41, 5.74) is 4.51. The van der Waals surface area contributed by atoms with Gasteiger partial charge in [0, 0.05) is 31.9 Å². The van der Waals surface area contributed by atoms with Gasteiger partial charge in [0.05, 0.1) is 29.7 Å². The van der Waals surface area contributed by atoms with Crippen molar-refractivity contribution >= 4 is 28.8 Å². The van der Waals surface area contributed by atoms with Gasteiger partial charge in [0.2, 0.25) is 5.91 Å². The fourth-order valence-corrected chi connectivity index (χ4v) is 4.30. The van der Waals surface area contributed by atoms with Gasteiger partial charge in [0.15, 0.2) is 0 Å². The largest absolute Gasteiger partial charge is 0.495 e. The smallest absolute Gasteiger partial charge is 0.266 e. The topological polar surface area (TPSA) is 89.4 Å². The summed E-state index contributed by atoms with van der Waals surface area (Å²) in [6, 6.07) is 7.23. The molecule has 3 heterocycles. The van der Waals surface area contributed by atoms with Crippen molar-refractivity contribution in [3.63, 3.8) is 0 Å². The van der Waals surface area contributed by atoms with Gasteiger partial charge in [-0.05, 0) is 19.1 Å². The lowest BCUT2D eigenvalue weighted by molar-refractivity contribution is -0.118. The number of hydrogen-bond donors (Lipinski definition) is 1. The van der Waals surface area contributed by atoms with Gasteiger partial charge in [-0.25, -0.2) is 4.98 Å². The molecule has 8 nitrogen and oxygen atoms in total. The molecule has 1 aliphatic heterocycles. The van der Waals surface area contributed by atoms with Crippen LogP contribution >= 0.6 is 11.3 Å². The number of fused-ring (bicyclic) bond motifs is 1. The molecule has 0 saturated carbocycles. The molecule has 0 unspecified atom stereocenters. The van der Waals surface area contributed by atoms with Gasteiger partial charge in [-0.1, -0.05) is 12.1 Å². The second-order valence-electron chi connectivity index (χ2n) is 6.91. The highest BCUT2D eigenvalue weighted by Crippen LogP contribution is 2.31. The highest BCUT2D eigenvalue weighted by Gasteiger charge is 2.36. The Morgan fingerprint density at radius 2 is 2.10 bits per heavy atom. The first-order valence-corrected chi connectivity index (χ1v) is 10.0.